The molecule has 1 aliphatic carbocycles. The van der Waals surface area contributed by atoms with Crippen LogP contribution in [0.15, 0.2) is 22.0 Å². The zero-order valence-electron chi connectivity index (χ0n) is 17.9. The van der Waals surface area contributed by atoms with Crippen molar-refractivity contribution in [2.24, 2.45) is 0 Å². The molecule has 8 nitrogen and oxygen atoms in total. The molecule has 1 saturated heterocycles. The fourth-order valence-electron chi connectivity index (χ4n) is 4.42. The summed E-state index contributed by atoms with van der Waals surface area (Å²) in [5.41, 5.74) is -0.644. The number of carbonyl (C=O) groups excluding carboxylic acids is 1. The van der Waals surface area contributed by atoms with Crippen molar-refractivity contribution >= 4 is 17.2 Å². The molecule has 0 aromatic carbocycles. The van der Waals surface area contributed by atoms with Gasteiger partial charge in [-0.05, 0) is 37.3 Å². The number of nitrogens with zero attached hydrogens (tertiary/aromatic N) is 5. The van der Waals surface area contributed by atoms with Gasteiger partial charge >= 0.3 is 0 Å². The fraction of sp³-hybridized carbons (Fsp3) is 0.636. The Morgan fingerprint density at radius 3 is 2.71 bits per heavy atom. The van der Waals surface area contributed by atoms with Crippen LogP contribution >= 0.6 is 11.3 Å². The predicted octanol–water partition coefficient (Wildman–Crippen LogP) is 2.69. The molecule has 0 unspecified atom stereocenters. The Balaban J connectivity index is 1.14. The molecule has 1 N–H and O–H groups in total. The maximum absolute atomic E-state index is 12.5. The Bertz CT molecular complexity index is 876. The number of nitrogens with one attached hydrogen (secondary N) is 1. The Labute approximate surface area is 187 Å². The van der Waals surface area contributed by atoms with Crippen LogP contribution in [0.25, 0.3) is 10.7 Å². The van der Waals surface area contributed by atoms with Crippen molar-refractivity contribution in [3.63, 3.8) is 0 Å². The van der Waals surface area contributed by atoms with Crippen molar-refractivity contribution in [1.82, 2.24) is 25.3 Å². The van der Waals surface area contributed by atoms with E-state index in [0.717, 1.165) is 82.5 Å². The highest BCUT2D eigenvalue weighted by Gasteiger charge is 2.34. The molecule has 2 fully saturated rings. The highest BCUT2D eigenvalue weighted by atomic mass is 32.1. The van der Waals surface area contributed by atoms with E-state index in [1.54, 1.807) is 11.3 Å². The molecular weight excluding hydrogens is 412 g/mol. The van der Waals surface area contributed by atoms with Gasteiger partial charge in [-0.15, -0.1) is 11.3 Å². The zero-order chi connectivity index (χ0) is 21.5. The Kier molecular flexibility index (Phi) is 7.33. The number of thiophene rings is 1. The molecule has 166 valence electrons. The van der Waals surface area contributed by atoms with Gasteiger partial charge in [-0.1, -0.05) is 30.5 Å². The topological polar surface area (TPSA) is 98.3 Å². The fourth-order valence-corrected chi connectivity index (χ4v) is 5.07. The number of piperazine rings is 1. The van der Waals surface area contributed by atoms with Gasteiger partial charge in [-0.25, -0.2) is 0 Å². The van der Waals surface area contributed by atoms with Gasteiger partial charge in [-0.3, -0.25) is 9.69 Å². The lowest BCUT2D eigenvalue weighted by atomic mass is 9.83. The van der Waals surface area contributed by atoms with E-state index in [4.69, 9.17) is 4.52 Å². The van der Waals surface area contributed by atoms with Gasteiger partial charge in [0, 0.05) is 32.6 Å². The van der Waals surface area contributed by atoms with E-state index in [-0.39, 0.29) is 5.91 Å². The van der Waals surface area contributed by atoms with E-state index in [2.05, 4.69) is 31.3 Å². The van der Waals surface area contributed by atoms with Gasteiger partial charge in [-0.2, -0.15) is 10.2 Å². The minimum atomic E-state index is -0.644. The number of aryl methyl sites for hydroxylation is 1. The Morgan fingerprint density at radius 1 is 1.23 bits per heavy atom. The molecule has 1 saturated carbocycles. The normalized spacial score (nSPS) is 19.7. The van der Waals surface area contributed by atoms with Crippen molar-refractivity contribution in [1.29, 1.82) is 5.26 Å². The third-order valence-corrected chi connectivity index (χ3v) is 7.07. The highest BCUT2D eigenvalue weighted by molar-refractivity contribution is 7.13. The number of aromatic nitrogens is 2. The van der Waals surface area contributed by atoms with E-state index in [0.29, 0.717) is 18.3 Å². The van der Waals surface area contributed by atoms with Crippen molar-refractivity contribution in [3.8, 4) is 16.8 Å². The summed E-state index contributed by atoms with van der Waals surface area (Å²) >= 11 is 1.61. The van der Waals surface area contributed by atoms with E-state index in [1.165, 1.54) is 0 Å². The lowest BCUT2D eigenvalue weighted by Crippen LogP contribution is -2.54. The second kappa shape index (κ2) is 10.4. The summed E-state index contributed by atoms with van der Waals surface area (Å²) in [5.74, 6) is 1.34. The first-order chi connectivity index (χ1) is 15.2. The standard InChI is InChI=1S/C22H30N6O2S/c23-17-22(8-2-1-3-9-22)25-19(29)16-28-13-11-27(12-14-28)10-4-7-20-24-21(26-30-20)18-6-5-15-31-18/h5-6,15H,1-4,7-14,16H2,(H,25,29). The van der Waals surface area contributed by atoms with E-state index in [1.807, 2.05) is 17.5 Å². The monoisotopic (exact) mass is 442 g/mol. The molecule has 31 heavy (non-hydrogen) atoms. The highest BCUT2D eigenvalue weighted by Crippen LogP contribution is 2.27. The molecule has 3 heterocycles. The third kappa shape index (κ3) is 5.91. The molecule has 0 bridgehead atoms. The molecular formula is C22H30N6O2S. The van der Waals surface area contributed by atoms with E-state index >= 15 is 0 Å². The molecule has 4 rings (SSSR count). The van der Waals surface area contributed by atoms with Crippen molar-refractivity contribution in [2.75, 3.05) is 39.3 Å². The lowest BCUT2D eigenvalue weighted by Gasteiger charge is -2.36. The largest absolute Gasteiger partial charge is 0.339 e. The third-order valence-electron chi connectivity index (χ3n) is 6.21. The lowest BCUT2D eigenvalue weighted by molar-refractivity contribution is -0.124. The summed E-state index contributed by atoms with van der Waals surface area (Å²) in [5, 5.41) is 18.6. The number of carbonyl (C=O) groups is 1. The number of hydrogen-bond acceptors (Lipinski definition) is 8. The molecule has 0 atom stereocenters. The summed E-state index contributed by atoms with van der Waals surface area (Å²) in [7, 11) is 0. The van der Waals surface area contributed by atoms with Crippen LogP contribution in [0.5, 0.6) is 0 Å². The first-order valence-corrected chi connectivity index (χ1v) is 12.1. The van der Waals surface area contributed by atoms with Crippen molar-refractivity contribution < 1.29 is 9.32 Å². The minimum Gasteiger partial charge on any atom is -0.339 e. The quantitative estimate of drug-likeness (QED) is 0.671. The van der Waals surface area contributed by atoms with Crippen molar-refractivity contribution in [3.05, 3.63) is 23.4 Å². The molecule has 1 aliphatic heterocycles. The molecule has 1 amide bonds. The first kappa shape index (κ1) is 21.9. The van der Waals surface area contributed by atoms with Crippen LogP contribution in [0.4, 0.5) is 0 Å². The smallest absolute Gasteiger partial charge is 0.235 e. The molecule has 9 heteroatoms. The van der Waals surface area contributed by atoms with E-state index < -0.39 is 5.54 Å². The van der Waals surface area contributed by atoms with Gasteiger partial charge in [0.2, 0.25) is 17.6 Å². The van der Waals surface area contributed by atoms with Crippen molar-refractivity contribution in [2.45, 2.75) is 50.5 Å². The van der Waals surface area contributed by atoms with Crippen LogP contribution in [0.2, 0.25) is 0 Å². The van der Waals surface area contributed by atoms with Gasteiger partial charge in [0.1, 0.15) is 5.54 Å². The molecule has 2 aromatic rings. The summed E-state index contributed by atoms with van der Waals surface area (Å²) in [6, 6.07) is 6.34. The summed E-state index contributed by atoms with van der Waals surface area (Å²) in [4.78, 5) is 22.6. The van der Waals surface area contributed by atoms with Crippen LogP contribution in [-0.2, 0) is 11.2 Å². The molecule has 2 aromatic heterocycles. The summed E-state index contributed by atoms with van der Waals surface area (Å²) < 4.78 is 5.37. The summed E-state index contributed by atoms with van der Waals surface area (Å²) in [6.07, 6.45) is 6.49. The molecule has 2 aliphatic rings. The van der Waals surface area contributed by atoms with Gasteiger partial charge in [0.05, 0.1) is 17.5 Å². The molecule has 0 radical (unpaired) electrons. The first-order valence-electron chi connectivity index (χ1n) is 11.2. The minimum absolute atomic E-state index is 0.0187. The predicted molar refractivity (Wildman–Crippen MR) is 118 cm³/mol. The maximum Gasteiger partial charge on any atom is 0.235 e. The second-order valence-corrected chi connectivity index (χ2v) is 9.46. The Hall–Kier alpha value is -2.28. The average Bonchev–Trinajstić information content (AvgIpc) is 3.48. The van der Waals surface area contributed by atoms with Gasteiger partial charge in [0.25, 0.3) is 0 Å². The van der Waals surface area contributed by atoms with Crippen LogP contribution in [0.1, 0.15) is 44.4 Å². The van der Waals surface area contributed by atoms with E-state index in [9.17, 15) is 10.1 Å². The Morgan fingerprint density at radius 2 is 2.00 bits per heavy atom. The summed E-state index contributed by atoms with van der Waals surface area (Å²) in [6.45, 7) is 4.99. The zero-order valence-corrected chi connectivity index (χ0v) is 18.7. The maximum atomic E-state index is 12.5. The van der Waals surface area contributed by atoms with Gasteiger partial charge in [0.15, 0.2) is 0 Å². The number of rotatable bonds is 8. The van der Waals surface area contributed by atoms with Crippen LogP contribution in [-0.4, -0.2) is 70.7 Å². The van der Waals surface area contributed by atoms with Crippen LogP contribution in [0, 0.1) is 11.3 Å². The van der Waals surface area contributed by atoms with Crippen LogP contribution < -0.4 is 5.32 Å². The average molecular weight is 443 g/mol. The SMILES string of the molecule is N#CC1(NC(=O)CN2CCN(CCCc3nc(-c4cccs4)no3)CC2)CCCCC1. The number of hydrogen-bond donors (Lipinski definition) is 1. The van der Waals surface area contributed by atoms with Crippen LogP contribution in [0.3, 0.4) is 0 Å². The number of nitriles is 1. The second-order valence-electron chi connectivity index (χ2n) is 8.51. The molecule has 0 spiro atoms. The number of amides is 1. The van der Waals surface area contributed by atoms with Gasteiger partial charge < -0.3 is 14.7 Å².